The number of hydrogen-bond donors (Lipinski definition) is 0. The number of hydrogen-bond acceptors (Lipinski definition) is 1. The van der Waals surface area contributed by atoms with Crippen molar-refractivity contribution >= 4 is 54.1 Å². The number of rotatable bonds is 1. The van der Waals surface area contributed by atoms with Gasteiger partial charge in [0.05, 0.1) is 5.41 Å². The van der Waals surface area contributed by atoms with Gasteiger partial charge in [0.25, 0.3) is 0 Å². The molecule has 0 saturated carbocycles. The van der Waals surface area contributed by atoms with Gasteiger partial charge in [0.1, 0.15) is 7.05 Å². The van der Waals surface area contributed by atoms with Crippen LogP contribution in [-0.4, -0.2) is 61.4 Å². The zero-order chi connectivity index (χ0) is 24.0. The Hall–Kier alpha value is -1.22. The molecule has 0 N–H and O–H groups in total. The molecule has 0 fully saturated rings. The van der Waals surface area contributed by atoms with Gasteiger partial charge < -0.3 is 0 Å². The van der Waals surface area contributed by atoms with Crippen LogP contribution in [0.2, 0.25) is 0 Å². The molecule has 3 heteroatoms. The molecule has 0 saturated heterocycles. The first-order valence-corrected chi connectivity index (χ1v) is 12.6. The molecule has 2 aliphatic heterocycles. The summed E-state index contributed by atoms with van der Waals surface area (Å²) in [5, 5.41) is 0. The zero-order valence-electron chi connectivity index (χ0n) is 21.5. The standard InChI is InChI=1S/C13H16N.C11H13N.2C2H6.Ca/c1-5-12-13(2,3)10-8-6-7-9-11(10)14(12)4;1-11(2)8-12(3)10-7-5-4-6-9(10)11;2*1-2;/h5-9H,1H2,2-4H3;4-7H,1-3H3;2*1-2H3;/q+1;;;;. The van der Waals surface area contributed by atoms with E-state index in [-0.39, 0.29) is 10.8 Å². The van der Waals surface area contributed by atoms with Crippen molar-refractivity contribution < 1.29 is 4.58 Å². The van der Waals surface area contributed by atoms with Crippen molar-refractivity contribution in [2.75, 3.05) is 19.0 Å². The quantitative estimate of drug-likeness (QED) is 0.352. The van der Waals surface area contributed by atoms with Crippen molar-refractivity contribution in [2.24, 2.45) is 0 Å². The Labute approximate surface area is 214 Å². The molecule has 2 heterocycles. The maximum absolute atomic E-state index is 3.89. The summed E-state index contributed by atoms with van der Waals surface area (Å²) in [5.74, 6) is 0. The molecular formula is C28H41CaN2+. The summed E-state index contributed by atoms with van der Waals surface area (Å²) in [6.07, 6.45) is 1.96. The molecule has 0 radical (unpaired) electrons. The Morgan fingerprint density at radius 3 is 1.81 bits per heavy atom. The van der Waals surface area contributed by atoms with Gasteiger partial charge in [0.15, 0.2) is 5.71 Å². The van der Waals surface area contributed by atoms with Crippen LogP contribution in [0.25, 0.3) is 0 Å². The minimum absolute atomic E-state index is 0.0904. The molecule has 4 rings (SSSR count). The summed E-state index contributed by atoms with van der Waals surface area (Å²) in [6.45, 7) is 21.0. The van der Waals surface area contributed by atoms with Crippen LogP contribution < -0.4 is 4.90 Å². The monoisotopic (exact) mass is 445 g/mol. The second kappa shape index (κ2) is 11.6. The van der Waals surface area contributed by atoms with Gasteiger partial charge in [0, 0.05) is 11.6 Å². The maximum atomic E-state index is 3.89. The fraction of sp³-hybridized carbons (Fsp3) is 0.429. The molecule has 2 aromatic carbocycles. The second-order valence-electron chi connectivity index (χ2n) is 8.44. The predicted octanol–water partition coefficient (Wildman–Crippen LogP) is 6.64. The Kier molecular flexibility index (Phi) is 10.4. The van der Waals surface area contributed by atoms with Gasteiger partial charge in [-0.15, -0.1) is 0 Å². The number of anilines is 1. The van der Waals surface area contributed by atoms with E-state index in [4.69, 9.17) is 0 Å². The van der Waals surface area contributed by atoms with E-state index >= 15 is 0 Å². The first-order valence-electron chi connectivity index (χ1n) is 11.5. The molecule has 0 amide bonds. The fourth-order valence-corrected chi connectivity index (χ4v) is 4.95. The van der Waals surface area contributed by atoms with Gasteiger partial charge in [-0.05, 0) is 19.9 Å². The van der Waals surface area contributed by atoms with E-state index in [2.05, 4.69) is 106 Å². The molecular weight excluding hydrogens is 404 g/mol. The molecule has 164 valence electrons. The normalized spacial score (nSPS) is 16.6. The van der Waals surface area contributed by atoms with E-state index in [9.17, 15) is 0 Å². The van der Waals surface area contributed by atoms with Crippen molar-refractivity contribution in [3.63, 3.8) is 0 Å². The van der Waals surface area contributed by atoms with E-state index in [0.717, 1.165) is 0 Å². The summed E-state index contributed by atoms with van der Waals surface area (Å²) in [4.78, 5) is 2.34. The first kappa shape index (κ1) is 27.8. The Bertz CT molecular complexity index is 951. The average Bonchev–Trinajstić information content (AvgIpc) is 3.10. The number of likely N-dealkylation sites (N-methyl/N-ethyl adjacent to an activating group) is 1. The van der Waals surface area contributed by atoms with Crippen LogP contribution in [0.1, 0.15) is 66.5 Å². The minimum atomic E-state index is 0.0904. The Morgan fingerprint density at radius 1 is 0.839 bits per heavy atom. The van der Waals surface area contributed by atoms with Gasteiger partial charge in [-0.2, -0.15) is 4.58 Å². The summed E-state index contributed by atoms with van der Waals surface area (Å²) in [7, 11) is 4.27. The number of para-hydroxylation sites is 2. The van der Waals surface area contributed by atoms with Gasteiger partial charge in [-0.1, -0.05) is 52.5 Å². The van der Waals surface area contributed by atoms with Crippen molar-refractivity contribution in [3.8, 4) is 0 Å². The van der Waals surface area contributed by atoms with Gasteiger partial charge in [-0.3, -0.25) is 0 Å². The van der Waals surface area contributed by atoms with Gasteiger partial charge in [-0.25, -0.2) is 0 Å². The molecule has 2 aliphatic rings. The first-order chi connectivity index (χ1) is 14.6. The molecule has 0 bridgehead atoms. The number of fused-ring (bicyclic) bond motifs is 2. The van der Waals surface area contributed by atoms with E-state index < -0.39 is 0 Å². The summed E-state index contributed by atoms with van der Waals surface area (Å²) >= 11 is 1.25. The number of nitrogens with zero attached hydrogens (tertiary/aromatic N) is 2. The molecule has 0 aromatic heterocycles. The van der Waals surface area contributed by atoms with Crippen LogP contribution in [-0.2, 0) is 10.8 Å². The van der Waals surface area contributed by atoms with Crippen LogP contribution in [0.3, 0.4) is 0 Å². The molecule has 0 unspecified atom stereocenters. The van der Waals surface area contributed by atoms with Gasteiger partial charge >= 0.3 is 104 Å². The van der Waals surface area contributed by atoms with Crippen LogP contribution in [0, 0.1) is 0 Å². The van der Waals surface area contributed by atoms with Gasteiger partial charge in [0.2, 0.25) is 5.69 Å². The topological polar surface area (TPSA) is 6.25 Å². The molecule has 2 nitrogen and oxygen atoms in total. The Morgan fingerprint density at radius 2 is 1.32 bits per heavy atom. The molecule has 0 aliphatic carbocycles. The molecule has 31 heavy (non-hydrogen) atoms. The molecule has 2 aromatic rings. The third kappa shape index (κ3) is 5.24. The van der Waals surface area contributed by atoms with E-state index in [0.29, 0.717) is 0 Å². The molecule has 0 atom stereocenters. The summed E-state index contributed by atoms with van der Waals surface area (Å²) in [5.41, 5.74) is 7.16. The average molecular weight is 446 g/mol. The van der Waals surface area contributed by atoms with E-state index in [1.54, 1.807) is 1.70 Å². The summed E-state index contributed by atoms with van der Waals surface area (Å²) in [6, 6.07) is 17.2. The molecule has 0 spiro atoms. The number of allylic oxidation sites excluding steroid dienone is 1. The van der Waals surface area contributed by atoms with Crippen LogP contribution in [0.15, 0.2) is 61.2 Å². The zero-order valence-corrected chi connectivity index (χ0v) is 23.7. The van der Waals surface area contributed by atoms with Crippen LogP contribution in [0.5, 0.6) is 0 Å². The SMILES string of the molecule is C=CC1=[N+](C)c2ccccc2C1(C)C.CC.CC.CN1[C](=[Ca])C(C)(C)c2ccccc21. The van der Waals surface area contributed by atoms with Crippen molar-refractivity contribution in [2.45, 2.75) is 66.2 Å². The van der Waals surface area contributed by atoms with Crippen LogP contribution in [0.4, 0.5) is 11.4 Å². The number of benzene rings is 2. The predicted molar refractivity (Wildman–Crippen MR) is 142 cm³/mol. The Balaban J connectivity index is 0.000000268. The fourth-order valence-electron chi connectivity index (χ4n) is 4.39. The summed E-state index contributed by atoms with van der Waals surface area (Å²) < 4.78 is 3.77. The third-order valence-corrected chi connectivity index (χ3v) is 8.32. The van der Waals surface area contributed by atoms with Crippen molar-refractivity contribution in [1.82, 2.24) is 0 Å². The van der Waals surface area contributed by atoms with Crippen LogP contribution >= 0.6 is 0 Å². The second-order valence-corrected chi connectivity index (χ2v) is 9.48. The van der Waals surface area contributed by atoms with Crippen molar-refractivity contribution in [1.29, 1.82) is 0 Å². The third-order valence-electron chi connectivity index (χ3n) is 6.20. The van der Waals surface area contributed by atoms with E-state index in [1.165, 1.54) is 63.5 Å². The van der Waals surface area contributed by atoms with E-state index in [1.807, 2.05) is 33.8 Å². The van der Waals surface area contributed by atoms with Crippen molar-refractivity contribution in [3.05, 3.63) is 72.3 Å².